The topological polar surface area (TPSA) is 111 Å². The molecule has 0 bridgehead atoms. The molecule has 0 radical (unpaired) electrons. The van der Waals surface area contributed by atoms with Crippen LogP contribution in [0.2, 0.25) is 0 Å². The van der Waals surface area contributed by atoms with Gasteiger partial charge in [-0.2, -0.15) is 0 Å². The Morgan fingerprint density at radius 1 is 0.794 bits per heavy atom. The van der Waals surface area contributed by atoms with Gasteiger partial charge in [0.1, 0.15) is 12.2 Å². The lowest BCUT2D eigenvalue weighted by atomic mass is 9.93. The van der Waals surface area contributed by atoms with Gasteiger partial charge in [0.25, 0.3) is 0 Å². The van der Waals surface area contributed by atoms with Gasteiger partial charge in [-0.3, -0.25) is 0 Å². The van der Waals surface area contributed by atoms with E-state index >= 15 is 0 Å². The van der Waals surface area contributed by atoms with Gasteiger partial charge in [0.05, 0.1) is 21.9 Å². The van der Waals surface area contributed by atoms with E-state index in [4.69, 9.17) is 9.47 Å². The standard InChI is InChI=1S/C23H27BrN2O6S2/c1-14-5-9-16(10-6-14)33(27,28)25-19-13-18(24)21-22(32-23(3,4)31-21)20(19)26-34(29,30)17-11-7-15(2)8-12-17/h5-13,19-22,25-26H,1-4H3/t19-,20+,21+,22-/m0/s1. The molecule has 34 heavy (non-hydrogen) atoms. The van der Waals surface area contributed by atoms with Crippen molar-refractivity contribution in [2.24, 2.45) is 0 Å². The maximum absolute atomic E-state index is 13.2. The van der Waals surface area contributed by atoms with Gasteiger partial charge < -0.3 is 9.47 Å². The smallest absolute Gasteiger partial charge is 0.241 e. The second-order valence-electron chi connectivity index (χ2n) is 8.99. The zero-order valence-corrected chi connectivity index (χ0v) is 22.4. The number of fused-ring (bicyclic) bond motifs is 1. The normalized spacial score (nSPS) is 26.7. The zero-order chi connectivity index (χ0) is 24.9. The van der Waals surface area contributed by atoms with Crippen LogP contribution in [0.1, 0.15) is 25.0 Å². The largest absolute Gasteiger partial charge is 0.342 e. The van der Waals surface area contributed by atoms with Crippen molar-refractivity contribution in [2.45, 2.75) is 67.6 Å². The summed E-state index contributed by atoms with van der Waals surface area (Å²) >= 11 is 3.46. The molecular weight excluding hydrogens is 544 g/mol. The lowest BCUT2D eigenvalue weighted by Gasteiger charge is -2.36. The predicted molar refractivity (Wildman–Crippen MR) is 131 cm³/mol. The van der Waals surface area contributed by atoms with E-state index < -0.39 is 50.1 Å². The average molecular weight is 572 g/mol. The Labute approximate surface area is 209 Å². The minimum absolute atomic E-state index is 0.0709. The van der Waals surface area contributed by atoms with Gasteiger partial charge in [-0.1, -0.05) is 57.4 Å². The van der Waals surface area contributed by atoms with Crippen LogP contribution in [-0.2, 0) is 29.5 Å². The van der Waals surface area contributed by atoms with Crippen molar-refractivity contribution in [2.75, 3.05) is 0 Å². The Bertz CT molecular complexity index is 1310. The lowest BCUT2D eigenvalue weighted by molar-refractivity contribution is -0.145. The van der Waals surface area contributed by atoms with Crippen LogP contribution in [0.3, 0.4) is 0 Å². The van der Waals surface area contributed by atoms with Gasteiger partial charge in [-0.25, -0.2) is 26.3 Å². The summed E-state index contributed by atoms with van der Waals surface area (Å²) in [6.07, 6.45) is 0.237. The van der Waals surface area contributed by atoms with Crippen LogP contribution in [0, 0.1) is 13.8 Å². The Morgan fingerprint density at radius 3 is 1.76 bits per heavy atom. The van der Waals surface area contributed by atoms with Gasteiger partial charge in [-0.05, 0) is 52.0 Å². The molecule has 2 aromatic rings. The zero-order valence-electron chi connectivity index (χ0n) is 19.1. The van der Waals surface area contributed by atoms with E-state index in [0.717, 1.165) is 11.1 Å². The molecule has 184 valence electrons. The molecule has 1 heterocycles. The molecule has 0 saturated carbocycles. The third-order valence-electron chi connectivity index (χ3n) is 5.73. The highest BCUT2D eigenvalue weighted by molar-refractivity contribution is 9.11. The van der Waals surface area contributed by atoms with E-state index in [1.165, 1.54) is 24.3 Å². The van der Waals surface area contributed by atoms with Gasteiger partial charge in [0.15, 0.2) is 5.79 Å². The predicted octanol–water partition coefficient (Wildman–Crippen LogP) is 3.11. The van der Waals surface area contributed by atoms with E-state index in [1.54, 1.807) is 44.2 Å². The Kier molecular flexibility index (Phi) is 6.84. The molecule has 0 unspecified atom stereocenters. The maximum atomic E-state index is 13.2. The SMILES string of the molecule is Cc1ccc(S(=O)(=O)N[C@H]2[C@@H]3OC(C)(C)O[C@@H]3C(Br)=C[C@@H]2NS(=O)(=O)c2ccc(C)cc2)cc1. The van der Waals surface area contributed by atoms with Crippen molar-refractivity contribution in [1.29, 1.82) is 0 Å². The lowest BCUT2D eigenvalue weighted by Crippen LogP contribution is -2.60. The van der Waals surface area contributed by atoms with Crippen LogP contribution in [0.25, 0.3) is 0 Å². The first-order valence-electron chi connectivity index (χ1n) is 10.7. The summed E-state index contributed by atoms with van der Waals surface area (Å²) in [6.45, 7) is 7.17. The minimum Gasteiger partial charge on any atom is -0.342 e. The molecule has 1 saturated heterocycles. The molecule has 2 N–H and O–H groups in total. The molecule has 0 aromatic heterocycles. The molecule has 0 amide bonds. The summed E-state index contributed by atoms with van der Waals surface area (Å²) in [4.78, 5) is 0.149. The first kappa shape index (κ1) is 25.5. The van der Waals surface area contributed by atoms with Gasteiger partial charge in [0.2, 0.25) is 20.0 Å². The number of rotatable bonds is 6. The fraction of sp³-hybridized carbons (Fsp3) is 0.391. The van der Waals surface area contributed by atoms with Crippen LogP contribution in [0.5, 0.6) is 0 Å². The third-order valence-corrected chi connectivity index (χ3v) is 9.39. The third kappa shape index (κ3) is 5.30. The fourth-order valence-electron chi connectivity index (χ4n) is 4.02. The molecule has 8 nitrogen and oxygen atoms in total. The monoisotopic (exact) mass is 570 g/mol. The molecule has 1 fully saturated rings. The average Bonchev–Trinajstić information content (AvgIpc) is 3.07. The summed E-state index contributed by atoms with van der Waals surface area (Å²) in [5, 5.41) is 0. The van der Waals surface area contributed by atoms with Crippen molar-refractivity contribution in [3.8, 4) is 0 Å². The number of nitrogens with one attached hydrogen (secondary N) is 2. The summed E-state index contributed by atoms with van der Waals surface area (Å²) in [6, 6.07) is 10.9. The second-order valence-corrected chi connectivity index (χ2v) is 13.3. The number of aryl methyl sites for hydroxylation is 2. The van der Waals surface area contributed by atoms with Gasteiger partial charge >= 0.3 is 0 Å². The molecule has 1 aliphatic carbocycles. The van der Waals surface area contributed by atoms with Crippen LogP contribution in [0.4, 0.5) is 0 Å². The van der Waals surface area contributed by atoms with Crippen LogP contribution in [0.15, 0.2) is 68.9 Å². The number of hydrogen-bond acceptors (Lipinski definition) is 6. The maximum Gasteiger partial charge on any atom is 0.241 e. The molecule has 0 spiro atoms. The van der Waals surface area contributed by atoms with Crippen molar-refractivity contribution in [3.63, 3.8) is 0 Å². The van der Waals surface area contributed by atoms with E-state index in [0.29, 0.717) is 4.48 Å². The molecule has 2 aromatic carbocycles. The fourth-order valence-corrected chi connectivity index (χ4v) is 7.13. The number of benzene rings is 2. The van der Waals surface area contributed by atoms with Crippen LogP contribution < -0.4 is 9.44 Å². The number of halogens is 1. The second kappa shape index (κ2) is 9.12. The molecule has 2 aliphatic rings. The van der Waals surface area contributed by atoms with Crippen molar-refractivity contribution >= 4 is 36.0 Å². The quantitative estimate of drug-likeness (QED) is 0.552. The van der Waals surface area contributed by atoms with Crippen LogP contribution >= 0.6 is 15.9 Å². The number of ether oxygens (including phenoxy) is 2. The highest BCUT2D eigenvalue weighted by Crippen LogP contribution is 2.40. The first-order chi connectivity index (χ1) is 15.8. The summed E-state index contributed by atoms with van der Waals surface area (Å²) in [5.74, 6) is -0.986. The summed E-state index contributed by atoms with van der Waals surface area (Å²) < 4.78 is 70.7. The van der Waals surface area contributed by atoms with E-state index in [9.17, 15) is 16.8 Å². The van der Waals surface area contributed by atoms with Crippen molar-refractivity contribution in [1.82, 2.24) is 9.44 Å². The van der Waals surface area contributed by atoms with Crippen LogP contribution in [-0.4, -0.2) is 46.9 Å². The first-order valence-corrected chi connectivity index (χ1v) is 14.4. The summed E-state index contributed by atoms with van der Waals surface area (Å²) in [7, 11) is -7.96. The Morgan fingerprint density at radius 2 is 1.26 bits per heavy atom. The molecular formula is C23H27BrN2O6S2. The highest BCUT2D eigenvalue weighted by atomic mass is 79.9. The van der Waals surface area contributed by atoms with Crippen molar-refractivity contribution in [3.05, 3.63) is 70.2 Å². The number of sulfonamides is 2. The van der Waals surface area contributed by atoms with Gasteiger partial charge in [0, 0.05) is 4.48 Å². The molecule has 11 heteroatoms. The van der Waals surface area contributed by atoms with E-state index in [-0.39, 0.29) is 9.79 Å². The Hall–Kier alpha value is -1.60. The van der Waals surface area contributed by atoms with Crippen molar-refractivity contribution < 1.29 is 26.3 Å². The minimum atomic E-state index is -3.99. The molecule has 1 aliphatic heterocycles. The highest BCUT2D eigenvalue weighted by Gasteiger charge is 2.52. The Balaban J connectivity index is 1.71. The van der Waals surface area contributed by atoms with E-state index in [1.807, 2.05) is 13.8 Å². The van der Waals surface area contributed by atoms with E-state index in [2.05, 4.69) is 25.4 Å². The summed E-state index contributed by atoms with van der Waals surface area (Å²) in [5.41, 5.74) is 1.84. The molecule has 4 rings (SSSR count). The number of hydrogen-bond donors (Lipinski definition) is 2. The molecule has 4 atom stereocenters. The van der Waals surface area contributed by atoms with Gasteiger partial charge in [-0.15, -0.1) is 0 Å².